The largest absolute Gasteiger partial charge is 0.868 e. The maximum Gasteiger partial charge on any atom is 0.239 e. The van der Waals surface area contributed by atoms with Crippen molar-refractivity contribution in [1.82, 2.24) is 4.90 Å². The molecule has 180 valence electrons. The van der Waals surface area contributed by atoms with Crippen LogP contribution in [0.5, 0.6) is 5.75 Å². The van der Waals surface area contributed by atoms with Gasteiger partial charge in [0, 0.05) is 18.5 Å². The molecule has 1 atom stereocenters. The summed E-state index contributed by atoms with van der Waals surface area (Å²) in [6.07, 6.45) is 2.34. The van der Waals surface area contributed by atoms with Crippen LogP contribution in [0.3, 0.4) is 0 Å². The van der Waals surface area contributed by atoms with Crippen molar-refractivity contribution in [2.45, 2.75) is 19.4 Å². The summed E-state index contributed by atoms with van der Waals surface area (Å²) in [5.74, 6) is -0.816. The molecule has 0 saturated carbocycles. The highest BCUT2D eigenvalue weighted by atomic mass is 16.5. The summed E-state index contributed by atoms with van der Waals surface area (Å²) in [5.41, 5.74) is 0.560. The first-order valence-electron chi connectivity index (χ1n) is 11.6. The van der Waals surface area contributed by atoms with Crippen LogP contribution in [-0.2, 0) is 9.53 Å². The van der Waals surface area contributed by atoms with Gasteiger partial charge in [-0.1, -0.05) is 24.8 Å². The van der Waals surface area contributed by atoms with Crippen molar-refractivity contribution in [1.29, 1.82) is 0 Å². The number of hydrogen-bond acceptors (Lipinski definition) is 6. The van der Waals surface area contributed by atoms with Crippen LogP contribution in [0.1, 0.15) is 34.3 Å². The molecule has 0 bridgehead atoms. The minimum atomic E-state index is -0.801. The van der Waals surface area contributed by atoms with Crippen molar-refractivity contribution < 1.29 is 33.5 Å². The number of hydrogen-bond donors (Lipinski definition) is 1. The van der Waals surface area contributed by atoms with Gasteiger partial charge in [0.15, 0.2) is 5.76 Å². The predicted octanol–water partition coefficient (Wildman–Crippen LogP) is 0.839. The summed E-state index contributed by atoms with van der Waals surface area (Å²) in [5, 5.41) is 13.1. The third kappa shape index (κ3) is 5.08. The van der Waals surface area contributed by atoms with Gasteiger partial charge >= 0.3 is 0 Å². The summed E-state index contributed by atoms with van der Waals surface area (Å²) < 4.78 is 16.6. The maximum atomic E-state index is 13.3. The third-order valence-corrected chi connectivity index (χ3v) is 6.16. The summed E-state index contributed by atoms with van der Waals surface area (Å²) in [7, 11) is 0. The Morgan fingerprint density at radius 3 is 2.79 bits per heavy atom. The van der Waals surface area contributed by atoms with Crippen LogP contribution in [-0.4, -0.2) is 62.6 Å². The van der Waals surface area contributed by atoms with Gasteiger partial charge in [-0.05, 0) is 42.5 Å². The first kappa shape index (κ1) is 23.8. The Hall–Kier alpha value is -3.36. The molecule has 0 radical (unpaired) electrons. The van der Waals surface area contributed by atoms with Crippen LogP contribution in [0, 0.1) is 6.92 Å². The Morgan fingerprint density at radius 1 is 1.29 bits per heavy atom. The standard InChI is InChI=1S/C26H30N2O6/c1-3-14-33-20-7-4-6-19(17-20)23-22(24(29)21-9-8-18(2)34-21)25(30)26(31)28(23)11-5-10-27-12-15-32-16-13-27/h3-4,6-9,17,23,30H,1,5,10-16H2,2H3. The van der Waals surface area contributed by atoms with Crippen molar-refractivity contribution in [3.8, 4) is 5.75 Å². The number of benzene rings is 1. The third-order valence-electron chi connectivity index (χ3n) is 6.16. The van der Waals surface area contributed by atoms with E-state index in [1.807, 2.05) is 0 Å². The van der Waals surface area contributed by atoms with E-state index in [1.54, 1.807) is 43.3 Å². The van der Waals surface area contributed by atoms with E-state index in [0.29, 0.717) is 36.6 Å². The lowest BCUT2D eigenvalue weighted by atomic mass is 9.95. The van der Waals surface area contributed by atoms with Crippen LogP contribution >= 0.6 is 0 Å². The van der Waals surface area contributed by atoms with Crippen LogP contribution in [0.2, 0.25) is 0 Å². The number of aryl methyl sites for hydroxylation is 1. The number of morpholine rings is 1. The number of ketones is 1. The van der Waals surface area contributed by atoms with E-state index in [0.717, 1.165) is 32.8 Å². The second kappa shape index (κ2) is 10.7. The van der Waals surface area contributed by atoms with Crippen LogP contribution < -0.4 is 14.7 Å². The second-order valence-corrected chi connectivity index (χ2v) is 8.52. The number of nitrogens with zero attached hydrogens (tertiary/aromatic N) is 1. The molecule has 1 N–H and O–H groups in total. The lowest BCUT2D eigenvalue weighted by molar-refractivity contribution is -0.908. The van der Waals surface area contributed by atoms with E-state index < -0.39 is 23.5 Å². The smallest absolute Gasteiger partial charge is 0.239 e. The zero-order valence-corrected chi connectivity index (χ0v) is 19.4. The SMILES string of the molecule is C=CCOc1cccc(C2C(C(=O)c3ccc(C)o3)=C([O-])C(=O)N2CCC[NH+]2CCOCC2)c1. The molecular formula is C26H30N2O6. The van der Waals surface area contributed by atoms with Gasteiger partial charge in [0.25, 0.3) is 0 Å². The number of Topliss-reactive ketones (excluding diaryl/α,β-unsaturated/α-hetero) is 1. The minimum absolute atomic E-state index is 0.0531. The molecule has 0 aliphatic carbocycles. The van der Waals surface area contributed by atoms with E-state index >= 15 is 0 Å². The number of nitrogens with one attached hydrogen (secondary N) is 1. The normalized spacial score (nSPS) is 19.0. The van der Waals surface area contributed by atoms with Gasteiger partial charge in [-0.2, -0.15) is 0 Å². The van der Waals surface area contributed by atoms with Gasteiger partial charge in [0.05, 0.1) is 25.8 Å². The first-order valence-corrected chi connectivity index (χ1v) is 11.6. The Labute approximate surface area is 199 Å². The molecule has 1 aromatic carbocycles. The highest BCUT2D eigenvalue weighted by Crippen LogP contribution is 2.39. The minimum Gasteiger partial charge on any atom is -0.868 e. The van der Waals surface area contributed by atoms with Gasteiger partial charge < -0.3 is 28.8 Å². The molecule has 1 fully saturated rings. The zero-order chi connectivity index (χ0) is 24.1. The molecule has 34 heavy (non-hydrogen) atoms. The molecule has 2 aliphatic rings. The molecule has 8 nitrogen and oxygen atoms in total. The number of ether oxygens (including phenoxy) is 2. The zero-order valence-electron chi connectivity index (χ0n) is 19.4. The molecule has 2 aromatic rings. The summed E-state index contributed by atoms with van der Waals surface area (Å²) in [4.78, 5) is 29.3. The van der Waals surface area contributed by atoms with E-state index in [4.69, 9.17) is 13.9 Å². The molecule has 1 unspecified atom stereocenters. The molecule has 3 heterocycles. The maximum absolute atomic E-state index is 13.3. The van der Waals surface area contributed by atoms with Crippen molar-refractivity contribution in [3.05, 3.63) is 77.5 Å². The van der Waals surface area contributed by atoms with Gasteiger partial charge in [-0.15, -0.1) is 0 Å². The number of quaternary nitrogens is 1. The van der Waals surface area contributed by atoms with E-state index in [2.05, 4.69) is 6.58 Å². The first-order chi connectivity index (χ1) is 16.5. The Kier molecular flexibility index (Phi) is 7.49. The number of amides is 1. The van der Waals surface area contributed by atoms with Crippen molar-refractivity contribution in [3.63, 3.8) is 0 Å². The number of furan rings is 1. The van der Waals surface area contributed by atoms with Gasteiger partial charge in [-0.3, -0.25) is 9.59 Å². The van der Waals surface area contributed by atoms with Gasteiger partial charge in [0.1, 0.15) is 31.2 Å². The average molecular weight is 467 g/mol. The van der Waals surface area contributed by atoms with Crippen LogP contribution in [0.25, 0.3) is 0 Å². The molecule has 4 rings (SSSR count). The monoisotopic (exact) mass is 466 g/mol. The fourth-order valence-electron chi connectivity index (χ4n) is 4.48. The summed E-state index contributed by atoms with van der Waals surface area (Å²) >= 11 is 0. The quantitative estimate of drug-likeness (QED) is 0.412. The fourth-order valence-corrected chi connectivity index (χ4v) is 4.48. The van der Waals surface area contributed by atoms with Crippen molar-refractivity contribution >= 4 is 11.7 Å². The van der Waals surface area contributed by atoms with E-state index in [9.17, 15) is 14.7 Å². The molecule has 8 heteroatoms. The Balaban J connectivity index is 1.63. The highest BCUT2D eigenvalue weighted by Gasteiger charge is 2.40. The second-order valence-electron chi connectivity index (χ2n) is 8.52. The Morgan fingerprint density at radius 2 is 2.09 bits per heavy atom. The summed E-state index contributed by atoms with van der Waals surface area (Å²) in [6.45, 7) is 10.2. The number of rotatable bonds is 10. The summed E-state index contributed by atoms with van der Waals surface area (Å²) in [6, 6.07) is 9.54. The van der Waals surface area contributed by atoms with Crippen LogP contribution in [0.15, 0.2) is 64.8 Å². The van der Waals surface area contributed by atoms with Gasteiger partial charge in [-0.25, -0.2) is 0 Å². The fraction of sp³-hybridized carbons (Fsp3) is 0.385. The molecule has 1 amide bonds. The van der Waals surface area contributed by atoms with E-state index in [-0.39, 0.29) is 11.3 Å². The highest BCUT2D eigenvalue weighted by molar-refractivity contribution is 6.14. The average Bonchev–Trinajstić information content (AvgIpc) is 3.40. The molecule has 2 aliphatic heterocycles. The molecule has 1 aromatic heterocycles. The van der Waals surface area contributed by atoms with Gasteiger partial charge in [0.2, 0.25) is 11.7 Å². The van der Waals surface area contributed by atoms with Crippen molar-refractivity contribution in [2.75, 3.05) is 46.0 Å². The Bertz CT molecular complexity index is 1080. The van der Waals surface area contributed by atoms with Crippen LogP contribution in [0.4, 0.5) is 0 Å². The van der Waals surface area contributed by atoms with E-state index in [1.165, 1.54) is 15.9 Å². The molecule has 0 spiro atoms. The molecule has 1 saturated heterocycles. The topological polar surface area (TPSA) is 96.5 Å². The number of carbonyl (C=O) groups excluding carboxylic acids is 2. The lowest BCUT2D eigenvalue weighted by Crippen LogP contribution is -3.14. The number of carbonyl (C=O) groups is 2. The predicted molar refractivity (Wildman–Crippen MR) is 122 cm³/mol. The molecular weight excluding hydrogens is 436 g/mol. The van der Waals surface area contributed by atoms with Crippen molar-refractivity contribution in [2.24, 2.45) is 0 Å². The lowest BCUT2D eigenvalue weighted by Gasteiger charge is -2.29.